The van der Waals surface area contributed by atoms with Crippen molar-refractivity contribution in [1.82, 2.24) is 0 Å². The Bertz CT molecular complexity index is 668. The zero-order valence-corrected chi connectivity index (χ0v) is 19.1. The lowest BCUT2D eigenvalue weighted by Gasteiger charge is -2.38. The second-order valence-corrected chi connectivity index (χ2v) is 9.93. The van der Waals surface area contributed by atoms with E-state index >= 15 is 0 Å². The van der Waals surface area contributed by atoms with Gasteiger partial charge in [0.15, 0.2) is 0 Å². The fourth-order valence-electron chi connectivity index (χ4n) is 5.75. The van der Waals surface area contributed by atoms with E-state index in [0.29, 0.717) is 5.92 Å². The molecule has 1 nitrogen and oxygen atoms in total. The SMILES string of the molecule is CCCCCC[C@H]1CC[C@H](C2CCC(c3ccc(OC(F)(F)C(F)(F)F)cc3)CC2)CC1. The van der Waals surface area contributed by atoms with Crippen molar-refractivity contribution in [3.63, 3.8) is 0 Å². The molecule has 182 valence electrons. The zero-order valence-electron chi connectivity index (χ0n) is 19.1. The van der Waals surface area contributed by atoms with Gasteiger partial charge in [0.25, 0.3) is 0 Å². The third-order valence-electron chi connectivity index (χ3n) is 7.72. The van der Waals surface area contributed by atoms with E-state index in [9.17, 15) is 22.0 Å². The summed E-state index contributed by atoms with van der Waals surface area (Å²) >= 11 is 0. The summed E-state index contributed by atoms with van der Waals surface area (Å²) in [5.74, 6) is 2.42. The van der Waals surface area contributed by atoms with Gasteiger partial charge >= 0.3 is 12.3 Å². The number of benzene rings is 1. The molecule has 0 spiro atoms. The number of alkyl halides is 5. The molecule has 6 heteroatoms. The Morgan fingerprint density at radius 2 is 1.31 bits per heavy atom. The largest absolute Gasteiger partial charge is 0.499 e. The maximum Gasteiger partial charge on any atom is 0.499 e. The van der Waals surface area contributed by atoms with Crippen LogP contribution in [0.25, 0.3) is 0 Å². The highest BCUT2D eigenvalue weighted by atomic mass is 19.4. The number of rotatable bonds is 9. The molecule has 3 rings (SSSR count). The predicted molar refractivity (Wildman–Crippen MR) is 117 cm³/mol. The summed E-state index contributed by atoms with van der Waals surface area (Å²) in [5, 5.41) is 0. The molecule has 0 radical (unpaired) electrons. The van der Waals surface area contributed by atoms with E-state index in [0.717, 1.165) is 36.2 Å². The Morgan fingerprint density at radius 1 is 0.750 bits per heavy atom. The van der Waals surface area contributed by atoms with Crippen molar-refractivity contribution in [2.75, 3.05) is 0 Å². The van der Waals surface area contributed by atoms with Gasteiger partial charge in [-0.2, -0.15) is 22.0 Å². The van der Waals surface area contributed by atoms with Gasteiger partial charge in [-0.25, -0.2) is 0 Å². The monoisotopic (exact) mass is 460 g/mol. The minimum Gasteiger partial charge on any atom is -0.426 e. The third kappa shape index (κ3) is 6.84. The predicted octanol–water partition coefficient (Wildman–Crippen LogP) is 9.27. The Morgan fingerprint density at radius 3 is 1.84 bits per heavy atom. The van der Waals surface area contributed by atoms with Gasteiger partial charge < -0.3 is 4.74 Å². The molecule has 0 N–H and O–H groups in total. The van der Waals surface area contributed by atoms with Crippen LogP contribution < -0.4 is 4.74 Å². The van der Waals surface area contributed by atoms with Gasteiger partial charge in [-0.15, -0.1) is 0 Å². The van der Waals surface area contributed by atoms with Crippen LogP contribution in [-0.2, 0) is 0 Å². The van der Waals surface area contributed by atoms with Crippen molar-refractivity contribution < 1.29 is 26.7 Å². The second kappa shape index (κ2) is 11.2. The molecule has 2 saturated carbocycles. The molecule has 0 unspecified atom stereocenters. The van der Waals surface area contributed by atoms with Crippen molar-refractivity contribution in [2.24, 2.45) is 17.8 Å². The number of unbranched alkanes of at least 4 members (excludes halogenated alkanes) is 3. The number of hydrogen-bond acceptors (Lipinski definition) is 1. The molecule has 1 aromatic carbocycles. The van der Waals surface area contributed by atoms with E-state index in [1.807, 2.05) is 0 Å². The minimum atomic E-state index is -5.72. The molecule has 0 bridgehead atoms. The molecule has 2 aliphatic carbocycles. The molecule has 0 heterocycles. The Labute approximate surface area is 189 Å². The molecule has 2 aliphatic rings. The van der Waals surface area contributed by atoms with Gasteiger partial charge in [0.1, 0.15) is 5.75 Å². The maximum absolute atomic E-state index is 13.1. The van der Waals surface area contributed by atoms with Crippen molar-refractivity contribution in [1.29, 1.82) is 0 Å². The summed E-state index contributed by atoms with van der Waals surface area (Å²) in [6.45, 7) is 2.25. The van der Waals surface area contributed by atoms with Crippen LogP contribution in [0.4, 0.5) is 22.0 Å². The lowest BCUT2D eigenvalue weighted by molar-refractivity contribution is -0.360. The summed E-state index contributed by atoms with van der Waals surface area (Å²) in [6, 6.07) is 5.72. The van der Waals surface area contributed by atoms with E-state index in [1.165, 1.54) is 82.8 Å². The lowest BCUT2D eigenvalue weighted by atomic mass is 9.68. The minimum absolute atomic E-state index is 0.346. The van der Waals surface area contributed by atoms with Gasteiger partial charge in [-0.1, -0.05) is 64.0 Å². The quantitative estimate of drug-likeness (QED) is 0.263. The van der Waals surface area contributed by atoms with Crippen LogP contribution in [0.3, 0.4) is 0 Å². The van der Waals surface area contributed by atoms with Gasteiger partial charge in [-0.3, -0.25) is 0 Å². The summed E-state index contributed by atoms with van der Waals surface area (Å²) in [5.41, 5.74) is 1.00. The first-order valence-electron chi connectivity index (χ1n) is 12.4. The highest BCUT2D eigenvalue weighted by molar-refractivity contribution is 5.30. The number of halogens is 5. The standard InChI is InChI=1S/C26H37F5O/c1-2-3-4-5-6-19-7-9-20(10-8-19)21-11-13-22(14-12-21)23-15-17-24(18-16-23)32-26(30,31)25(27,28)29/h15-22H,2-14H2,1H3/t19-,20-,21?,22?. The van der Waals surface area contributed by atoms with Gasteiger partial charge in [0.05, 0.1) is 0 Å². The van der Waals surface area contributed by atoms with Crippen LogP contribution in [0.15, 0.2) is 24.3 Å². The summed E-state index contributed by atoms with van der Waals surface area (Å²) in [7, 11) is 0. The molecule has 0 atom stereocenters. The molecule has 32 heavy (non-hydrogen) atoms. The first-order valence-corrected chi connectivity index (χ1v) is 12.4. The van der Waals surface area contributed by atoms with Crippen LogP contribution in [0.2, 0.25) is 0 Å². The average molecular weight is 461 g/mol. The van der Waals surface area contributed by atoms with Crippen molar-refractivity contribution in [3.8, 4) is 5.75 Å². The highest BCUT2D eigenvalue weighted by Crippen LogP contribution is 2.45. The van der Waals surface area contributed by atoms with Crippen molar-refractivity contribution >= 4 is 0 Å². The molecule has 0 saturated heterocycles. The molecular formula is C26H37F5O. The van der Waals surface area contributed by atoms with E-state index in [4.69, 9.17) is 0 Å². The molecule has 0 aromatic heterocycles. The molecular weight excluding hydrogens is 423 g/mol. The van der Waals surface area contributed by atoms with Crippen molar-refractivity contribution in [3.05, 3.63) is 29.8 Å². The van der Waals surface area contributed by atoms with E-state index < -0.39 is 18.0 Å². The van der Waals surface area contributed by atoms with Crippen LogP contribution >= 0.6 is 0 Å². The summed E-state index contributed by atoms with van der Waals surface area (Å²) < 4.78 is 66.9. The van der Waals surface area contributed by atoms with E-state index in [1.54, 1.807) is 12.1 Å². The first kappa shape index (κ1) is 25.3. The topological polar surface area (TPSA) is 9.23 Å². The number of ether oxygens (including phenoxy) is 1. The molecule has 2 fully saturated rings. The van der Waals surface area contributed by atoms with Gasteiger partial charge in [-0.05, 0) is 79.9 Å². The summed E-state index contributed by atoms with van der Waals surface area (Å²) in [6.07, 6.45) is 5.83. The Kier molecular flexibility index (Phi) is 8.85. The molecule has 1 aromatic rings. The zero-order chi connectivity index (χ0) is 23.2. The van der Waals surface area contributed by atoms with Gasteiger partial charge in [0, 0.05) is 0 Å². The molecule has 0 aliphatic heterocycles. The second-order valence-electron chi connectivity index (χ2n) is 9.93. The van der Waals surface area contributed by atoms with Crippen LogP contribution in [0.1, 0.15) is 102 Å². The lowest BCUT2D eigenvalue weighted by Crippen LogP contribution is -2.41. The van der Waals surface area contributed by atoms with E-state index in [-0.39, 0.29) is 0 Å². The third-order valence-corrected chi connectivity index (χ3v) is 7.72. The fourth-order valence-corrected chi connectivity index (χ4v) is 5.75. The Hall–Kier alpha value is -1.33. The molecule has 0 amide bonds. The van der Waals surface area contributed by atoms with Gasteiger partial charge in [0.2, 0.25) is 0 Å². The maximum atomic E-state index is 13.1. The Balaban J connectivity index is 1.41. The van der Waals surface area contributed by atoms with Crippen molar-refractivity contribution in [2.45, 2.75) is 109 Å². The average Bonchev–Trinajstić information content (AvgIpc) is 2.77. The summed E-state index contributed by atoms with van der Waals surface area (Å²) in [4.78, 5) is 0. The van der Waals surface area contributed by atoms with Crippen LogP contribution in [0.5, 0.6) is 5.75 Å². The van der Waals surface area contributed by atoms with E-state index in [2.05, 4.69) is 11.7 Å². The fraction of sp³-hybridized carbons (Fsp3) is 0.769. The van der Waals surface area contributed by atoms with Crippen LogP contribution in [-0.4, -0.2) is 12.3 Å². The smallest absolute Gasteiger partial charge is 0.426 e. The normalized spacial score (nSPS) is 27.3. The number of hydrogen-bond donors (Lipinski definition) is 0. The van der Waals surface area contributed by atoms with Crippen LogP contribution in [0, 0.1) is 17.8 Å². The highest BCUT2D eigenvalue weighted by Gasteiger charge is 2.61. The first-order chi connectivity index (χ1) is 15.2.